The molecule has 0 heterocycles. The van der Waals surface area contributed by atoms with Crippen molar-refractivity contribution in [3.05, 3.63) is 0 Å². The number of nitrogens with zero attached hydrogens (tertiary/aromatic N) is 1. The third-order valence-corrected chi connectivity index (χ3v) is 1.43. The minimum Gasteiger partial charge on any atom is -0.465 e. The fourth-order valence-electron chi connectivity index (χ4n) is 0.903. The maximum Gasteiger partial charge on any atom is 0.407 e. The normalized spacial score (nSPS) is 10.7. The van der Waals surface area contributed by atoms with E-state index in [0.717, 1.165) is 0 Å². The summed E-state index contributed by atoms with van der Waals surface area (Å²) in [6.45, 7) is 8.41. The highest BCUT2D eigenvalue weighted by molar-refractivity contribution is 5.65. The fourth-order valence-corrected chi connectivity index (χ4v) is 0.903. The second-order valence-corrected chi connectivity index (χ2v) is 3.42. The first-order chi connectivity index (χ1) is 4.95. The molecule has 0 rings (SSSR count). The van der Waals surface area contributed by atoms with Gasteiger partial charge in [0.1, 0.15) is 0 Å². The first kappa shape index (κ1) is 10.3. The average molecular weight is 159 g/mol. The summed E-state index contributed by atoms with van der Waals surface area (Å²) >= 11 is 0. The van der Waals surface area contributed by atoms with Gasteiger partial charge in [-0.25, -0.2) is 4.79 Å². The molecule has 0 unspecified atom stereocenters. The standard InChI is InChI=1S/C8H17NO2/c1-6(2)5-9(7(3)4)8(10)11/h6-7H,5H2,1-4H3,(H,10,11). The summed E-state index contributed by atoms with van der Waals surface area (Å²) in [4.78, 5) is 12.1. The van der Waals surface area contributed by atoms with E-state index in [0.29, 0.717) is 12.5 Å². The van der Waals surface area contributed by atoms with Crippen molar-refractivity contribution in [1.29, 1.82) is 0 Å². The fraction of sp³-hybridized carbons (Fsp3) is 0.875. The summed E-state index contributed by atoms with van der Waals surface area (Å²) in [6.07, 6.45) is -0.825. The summed E-state index contributed by atoms with van der Waals surface area (Å²) in [6, 6.07) is 0.0786. The Kier molecular flexibility index (Phi) is 3.93. The molecule has 0 aliphatic rings. The molecule has 0 aromatic carbocycles. The van der Waals surface area contributed by atoms with E-state index in [4.69, 9.17) is 5.11 Å². The second-order valence-electron chi connectivity index (χ2n) is 3.42. The molecule has 0 bridgehead atoms. The number of hydrogen-bond acceptors (Lipinski definition) is 1. The average Bonchev–Trinajstić information content (AvgIpc) is 1.81. The largest absolute Gasteiger partial charge is 0.465 e. The van der Waals surface area contributed by atoms with E-state index in [1.807, 2.05) is 27.7 Å². The molecule has 0 saturated heterocycles. The minimum absolute atomic E-state index is 0.0786. The molecule has 0 aromatic heterocycles. The van der Waals surface area contributed by atoms with Gasteiger partial charge in [-0.15, -0.1) is 0 Å². The molecule has 3 nitrogen and oxygen atoms in total. The summed E-state index contributed by atoms with van der Waals surface area (Å²) < 4.78 is 0. The van der Waals surface area contributed by atoms with Gasteiger partial charge >= 0.3 is 6.09 Å². The van der Waals surface area contributed by atoms with Crippen LogP contribution in [0.1, 0.15) is 27.7 Å². The van der Waals surface area contributed by atoms with Gasteiger partial charge in [-0.2, -0.15) is 0 Å². The van der Waals surface area contributed by atoms with E-state index < -0.39 is 6.09 Å². The highest BCUT2D eigenvalue weighted by Crippen LogP contribution is 2.03. The van der Waals surface area contributed by atoms with Crippen molar-refractivity contribution in [1.82, 2.24) is 4.90 Å². The SMILES string of the molecule is CC(C)CN(C(=O)O)C(C)C. The van der Waals surface area contributed by atoms with Crippen LogP contribution in [0.25, 0.3) is 0 Å². The lowest BCUT2D eigenvalue weighted by molar-refractivity contribution is 0.125. The Bertz CT molecular complexity index is 132. The maximum absolute atomic E-state index is 10.6. The third-order valence-electron chi connectivity index (χ3n) is 1.43. The van der Waals surface area contributed by atoms with E-state index in [9.17, 15) is 4.79 Å². The molecule has 0 aromatic rings. The van der Waals surface area contributed by atoms with Crippen molar-refractivity contribution >= 4 is 6.09 Å². The van der Waals surface area contributed by atoms with E-state index in [2.05, 4.69) is 0 Å². The van der Waals surface area contributed by atoms with Crippen molar-refractivity contribution in [2.24, 2.45) is 5.92 Å². The molecule has 0 aliphatic carbocycles. The van der Waals surface area contributed by atoms with Crippen LogP contribution in [0.4, 0.5) is 4.79 Å². The Morgan fingerprint density at radius 3 is 1.91 bits per heavy atom. The lowest BCUT2D eigenvalue weighted by Crippen LogP contribution is -2.38. The maximum atomic E-state index is 10.6. The number of carboxylic acid groups (broad SMARTS) is 1. The number of rotatable bonds is 3. The Balaban J connectivity index is 4.01. The molecular formula is C8H17NO2. The first-order valence-electron chi connectivity index (χ1n) is 3.94. The number of amides is 1. The van der Waals surface area contributed by atoms with Gasteiger partial charge in [0.15, 0.2) is 0 Å². The van der Waals surface area contributed by atoms with Gasteiger partial charge in [0.2, 0.25) is 0 Å². The second kappa shape index (κ2) is 4.21. The predicted octanol–water partition coefficient (Wildman–Crippen LogP) is 2.03. The Morgan fingerprint density at radius 1 is 1.36 bits per heavy atom. The Morgan fingerprint density at radius 2 is 1.82 bits per heavy atom. The highest BCUT2D eigenvalue weighted by atomic mass is 16.4. The quantitative estimate of drug-likeness (QED) is 0.684. The van der Waals surface area contributed by atoms with Crippen LogP contribution in [-0.2, 0) is 0 Å². The Labute approximate surface area is 68.0 Å². The summed E-state index contributed by atoms with van der Waals surface area (Å²) in [7, 11) is 0. The summed E-state index contributed by atoms with van der Waals surface area (Å²) in [5.74, 6) is 0.397. The third kappa shape index (κ3) is 3.86. The van der Waals surface area contributed by atoms with E-state index in [1.165, 1.54) is 4.90 Å². The van der Waals surface area contributed by atoms with E-state index in [-0.39, 0.29) is 6.04 Å². The zero-order chi connectivity index (χ0) is 9.02. The molecular weight excluding hydrogens is 142 g/mol. The van der Waals surface area contributed by atoms with Crippen LogP contribution in [0.2, 0.25) is 0 Å². The van der Waals surface area contributed by atoms with Crippen molar-refractivity contribution in [2.45, 2.75) is 33.7 Å². The first-order valence-corrected chi connectivity index (χ1v) is 3.94. The van der Waals surface area contributed by atoms with Crippen LogP contribution in [0.5, 0.6) is 0 Å². The van der Waals surface area contributed by atoms with Gasteiger partial charge < -0.3 is 10.0 Å². The molecule has 66 valence electrons. The van der Waals surface area contributed by atoms with E-state index in [1.54, 1.807) is 0 Å². The van der Waals surface area contributed by atoms with Crippen molar-refractivity contribution in [3.63, 3.8) is 0 Å². The molecule has 11 heavy (non-hydrogen) atoms. The molecule has 1 amide bonds. The zero-order valence-electron chi connectivity index (χ0n) is 7.66. The van der Waals surface area contributed by atoms with Crippen LogP contribution < -0.4 is 0 Å². The number of carbonyl (C=O) groups is 1. The minimum atomic E-state index is -0.825. The van der Waals surface area contributed by atoms with Crippen molar-refractivity contribution in [2.75, 3.05) is 6.54 Å². The van der Waals surface area contributed by atoms with Crippen molar-refractivity contribution < 1.29 is 9.90 Å². The lowest BCUT2D eigenvalue weighted by atomic mass is 10.2. The Hall–Kier alpha value is -0.730. The summed E-state index contributed by atoms with van der Waals surface area (Å²) in [5, 5.41) is 8.72. The van der Waals surface area contributed by atoms with Crippen LogP contribution in [0, 0.1) is 5.92 Å². The molecule has 1 N–H and O–H groups in total. The van der Waals surface area contributed by atoms with Gasteiger partial charge in [-0.05, 0) is 19.8 Å². The van der Waals surface area contributed by atoms with Crippen LogP contribution in [0.3, 0.4) is 0 Å². The highest BCUT2D eigenvalue weighted by Gasteiger charge is 2.15. The van der Waals surface area contributed by atoms with Crippen molar-refractivity contribution in [3.8, 4) is 0 Å². The molecule has 0 aliphatic heterocycles. The molecule has 0 radical (unpaired) electrons. The monoisotopic (exact) mass is 159 g/mol. The van der Waals surface area contributed by atoms with Gasteiger partial charge in [-0.3, -0.25) is 0 Å². The van der Waals surface area contributed by atoms with E-state index >= 15 is 0 Å². The molecule has 0 atom stereocenters. The molecule has 0 saturated carbocycles. The molecule has 0 fully saturated rings. The van der Waals surface area contributed by atoms with Crippen LogP contribution >= 0.6 is 0 Å². The molecule has 0 spiro atoms. The van der Waals surface area contributed by atoms with Gasteiger partial charge in [0, 0.05) is 12.6 Å². The zero-order valence-corrected chi connectivity index (χ0v) is 7.66. The predicted molar refractivity (Wildman–Crippen MR) is 44.7 cm³/mol. The topological polar surface area (TPSA) is 40.5 Å². The smallest absolute Gasteiger partial charge is 0.407 e. The molecule has 3 heteroatoms. The summed E-state index contributed by atoms with van der Waals surface area (Å²) in [5.41, 5.74) is 0. The van der Waals surface area contributed by atoms with Gasteiger partial charge in [0.25, 0.3) is 0 Å². The van der Waals surface area contributed by atoms with Crippen LogP contribution in [0.15, 0.2) is 0 Å². The van der Waals surface area contributed by atoms with Crippen LogP contribution in [-0.4, -0.2) is 28.7 Å². The lowest BCUT2D eigenvalue weighted by Gasteiger charge is -2.24. The van der Waals surface area contributed by atoms with Gasteiger partial charge in [0.05, 0.1) is 0 Å². The number of hydrogen-bond donors (Lipinski definition) is 1. The van der Waals surface area contributed by atoms with Gasteiger partial charge in [-0.1, -0.05) is 13.8 Å².